The zero-order valence-electron chi connectivity index (χ0n) is 9.24. The predicted molar refractivity (Wildman–Crippen MR) is 63.7 cm³/mol. The number of hydrogen-bond acceptors (Lipinski definition) is 3. The van der Waals surface area contributed by atoms with Crippen molar-refractivity contribution >= 4 is 11.6 Å². The Morgan fingerprint density at radius 1 is 1.56 bits per heavy atom. The summed E-state index contributed by atoms with van der Waals surface area (Å²) < 4.78 is 5.33. The number of aliphatic hydroxyl groups excluding tert-OH is 1. The van der Waals surface area contributed by atoms with Crippen LogP contribution in [-0.2, 0) is 0 Å². The molecule has 3 N–H and O–H groups in total. The van der Waals surface area contributed by atoms with Crippen LogP contribution in [0.4, 0.5) is 0 Å². The molecule has 0 saturated heterocycles. The average molecular weight is 242 g/mol. The Kier molecular flexibility index (Phi) is 3.10. The molecule has 1 aromatic carbocycles. The van der Waals surface area contributed by atoms with Gasteiger partial charge in [-0.25, -0.2) is 0 Å². The number of hydrogen-bond donors (Lipinski definition) is 2. The van der Waals surface area contributed by atoms with Crippen molar-refractivity contribution in [2.24, 2.45) is 5.73 Å². The molecule has 1 aliphatic rings. The largest absolute Gasteiger partial charge is 0.492 e. The maximum Gasteiger partial charge on any atom is 0.137 e. The Labute approximate surface area is 100 Å². The molecular formula is C12H16ClNO2. The summed E-state index contributed by atoms with van der Waals surface area (Å²) in [4.78, 5) is 0. The average Bonchev–Trinajstić information content (AvgIpc) is 3.00. The van der Waals surface area contributed by atoms with Crippen molar-refractivity contribution in [1.82, 2.24) is 0 Å². The Morgan fingerprint density at radius 3 is 2.75 bits per heavy atom. The van der Waals surface area contributed by atoms with E-state index in [1.807, 2.05) is 13.0 Å². The third-order valence-electron chi connectivity index (χ3n) is 2.94. The highest BCUT2D eigenvalue weighted by atomic mass is 35.5. The Bertz CT molecular complexity index is 391. The van der Waals surface area contributed by atoms with E-state index in [1.54, 1.807) is 12.1 Å². The molecule has 1 saturated carbocycles. The second-order valence-electron chi connectivity index (χ2n) is 4.26. The van der Waals surface area contributed by atoms with Gasteiger partial charge in [-0.15, -0.1) is 0 Å². The fourth-order valence-electron chi connectivity index (χ4n) is 1.71. The van der Waals surface area contributed by atoms with E-state index in [0.29, 0.717) is 17.4 Å². The molecule has 0 bridgehead atoms. The first-order chi connectivity index (χ1) is 7.57. The van der Waals surface area contributed by atoms with Gasteiger partial charge in [0.2, 0.25) is 0 Å². The van der Waals surface area contributed by atoms with Crippen molar-refractivity contribution in [3.05, 3.63) is 28.8 Å². The van der Waals surface area contributed by atoms with Crippen LogP contribution >= 0.6 is 11.6 Å². The van der Waals surface area contributed by atoms with Gasteiger partial charge in [-0.2, -0.15) is 0 Å². The summed E-state index contributed by atoms with van der Waals surface area (Å²) in [6.07, 6.45) is 1.08. The highest BCUT2D eigenvalue weighted by Gasteiger charge is 2.45. The Balaban J connectivity index is 2.20. The van der Waals surface area contributed by atoms with E-state index >= 15 is 0 Å². The zero-order valence-corrected chi connectivity index (χ0v) is 10.00. The minimum Gasteiger partial charge on any atom is -0.492 e. The van der Waals surface area contributed by atoms with Crippen LogP contribution in [0.1, 0.15) is 31.4 Å². The lowest BCUT2D eigenvalue weighted by Crippen LogP contribution is -2.30. The van der Waals surface area contributed by atoms with Gasteiger partial charge in [0.1, 0.15) is 5.75 Å². The van der Waals surface area contributed by atoms with Crippen LogP contribution in [0.25, 0.3) is 0 Å². The SMILES string of the molecule is CCOc1ccc(C(O)C2(N)CC2)cc1Cl. The highest BCUT2D eigenvalue weighted by Crippen LogP contribution is 2.44. The fraction of sp³-hybridized carbons (Fsp3) is 0.500. The third kappa shape index (κ3) is 2.17. The lowest BCUT2D eigenvalue weighted by atomic mass is 10.0. The highest BCUT2D eigenvalue weighted by molar-refractivity contribution is 6.32. The molecule has 4 heteroatoms. The molecule has 1 aliphatic carbocycles. The number of aliphatic hydroxyl groups is 1. The second-order valence-corrected chi connectivity index (χ2v) is 4.67. The van der Waals surface area contributed by atoms with Gasteiger partial charge in [-0.05, 0) is 37.5 Å². The molecule has 2 rings (SSSR count). The van der Waals surface area contributed by atoms with Crippen molar-refractivity contribution in [2.75, 3.05) is 6.61 Å². The summed E-state index contributed by atoms with van der Waals surface area (Å²) in [5.41, 5.74) is 6.25. The van der Waals surface area contributed by atoms with Crippen molar-refractivity contribution in [3.63, 3.8) is 0 Å². The van der Waals surface area contributed by atoms with Crippen molar-refractivity contribution < 1.29 is 9.84 Å². The van der Waals surface area contributed by atoms with E-state index in [0.717, 1.165) is 18.4 Å². The second kappa shape index (κ2) is 4.24. The monoisotopic (exact) mass is 241 g/mol. The third-order valence-corrected chi connectivity index (χ3v) is 3.24. The van der Waals surface area contributed by atoms with Gasteiger partial charge in [0.05, 0.1) is 17.7 Å². The number of rotatable bonds is 4. The van der Waals surface area contributed by atoms with Gasteiger partial charge in [0.15, 0.2) is 0 Å². The Morgan fingerprint density at radius 2 is 2.25 bits per heavy atom. The van der Waals surface area contributed by atoms with Crippen LogP contribution in [0.3, 0.4) is 0 Å². The summed E-state index contributed by atoms with van der Waals surface area (Å²) in [6.45, 7) is 2.47. The van der Waals surface area contributed by atoms with Crippen LogP contribution in [0.2, 0.25) is 5.02 Å². The number of benzene rings is 1. The minimum absolute atomic E-state index is 0.448. The summed E-state index contributed by atoms with van der Waals surface area (Å²) >= 11 is 6.05. The molecule has 0 radical (unpaired) electrons. The molecular weight excluding hydrogens is 226 g/mol. The molecule has 1 unspecified atom stereocenters. The molecule has 0 heterocycles. The van der Waals surface area contributed by atoms with Crippen molar-refractivity contribution in [2.45, 2.75) is 31.4 Å². The van der Waals surface area contributed by atoms with Gasteiger partial charge in [-0.3, -0.25) is 0 Å². The van der Waals surface area contributed by atoms with E-state index in [9.17, 15) is 5.11 Å². The van der Waals surface area contributed by atoms with E-state index < -0.39 is 11.6 Å². The first-order valence-corrected chi connectivity index (χ1v) is 5.84. The van der Waals surface area contributed by atoms with Crippen LogP contribution in [-0.4, -0.2) is 17.3 Å². The zero-order chi connectivity index (χ0) is 11.8. The summed E-state index contributed by atoms with van der Waals surface area (Å²) in [5, 5.41) is 10.6. The topological polar surface area (TPSA) is 55.5 Å². The predicted octanol–water partition coefficient (Wildman–Crippen LogP) is 2.26. The van der Waals surface area contributed by atoms with E-state index in [4.69, 9.17) is 22.1 Å². The van der Waals surface area contributed by atoms with Crippen LogP contribution in [0.15, 0.2) is 18.2 Å². The van der Waals surface area contributed by atoms with Gasteiger partial charge in [0.25, 0.3) is 0 Å². The molecule has 0 aliphatic heterocycles. The first kappa shape index (κ1) is 11.7. The van der Waals surface area contributed by atoms with Crippen molar-refractivity contribution in [3.8, 4) is 5.75 Å². The quantitative estimate of drug-likeness (QED) is 0.850. The van der Waals surface area contributed by atoms with E-state index in [1.165, 1.54) is 0 Å². The number of nitrogens with two attached hydrogens (primary N) is 1. The smallest absolute Gasteiger partial charge is 0.137 e. The summed E-state index contributed by atoms with van der Waals surface area (Å²) in [7, 11) is 0. The maximum absolute atomic E-state index is 10.0. The minimum atomic E-state index is -0.638. The Hall–Kier alpha value is -0.770. The van der Waals surface area contributed by atoms with Crippen molar-refractivity contribution in [1.29, 1.82) is 0 Å². The molecule has 0 spiro atoms. The van der Waals surface area contributed by atoms with Crippen LogP contribution in [0, 0.1) is 0 Å². The summed E-state index contributed by atoms with van der Waals surface area (Å²) in [5.74, 6) is 0.641. The van der Waals surface area contributed by atoms with Crippen LogP contribution < -0.4 is 10.5 Å². The normalized spacial score (nSPS) is 19.2. The molecule has 1 atom stereocenters. The maximum atomic E-state index is 10.0. The molecule has 16 heavy (non-hydrogen) atoms. The summed E-state index contributed by atoms with van der Waals surface area (Å²) in [6, 6.07) is 5.31. The van der Waals surface area contributed by atoms with Gasteiger partial charge < -0.3 is 15.6 Å². The van der Waals surface area contributed by atoms with E-state index in [-0.39, 0.29) is 0 Å². The van der Waals surface area contributed by atoms with Gasteiger partial charge in [0, 0.05) is 5.54 Å². The van der Waals surface area contributed by atoms with Crippen LogP contribution in [0.5, 0.6) is 5.75 Å². The molecule has 1 aromatic rings. The standard InChI is InChI=1S/C12H16ClNO2/c1-2-16-10-4-3-8(7-9(10)13)11(15)12(14)5-6-12/h3-4,7,11,15H,2,5-6,14H2,1H3. The lowest BCUT2D eigenvalue weighted by molar-refractivity contribution is 0.136. The molecule has 0 aromatic heterocycles. The molecule has 88 valence electrons. The van der Waals surface area contributed by atoms with Gasteiger partial charge >= 0.3 is 0 Å². The molecule has 3 nitrogen and oxygen atoms in total. The number of halogens is 1. The molecule has 0 amide bonds. The first-order valence-electron chi connectivity index (χ1n) is 5.46. The van der Waals surface area contributed by atoms with Gasteiger partial charge in [-0.1, -0.05) is 17.7 Å². The lowest BCUT2D eigenvalue weighted by Gasteiger charge is -2.18. The van der Waals surface area contributed by atoms with E-state index in [2.05, 4.69) is 0 Å². The fourth-order valence-corrected chi connectivity index (χ4v) is 1.95. The number of ether oxygens (including phenoxy) is 1. The molecule has 1 fully saturated rings.